The molecule has 0 aliphatic carbocycles. The molecule has 1 aliphatic rings. The van der Waals surface area contributed by atoms with Crippen LogP contribution in [0.1, 0.15) is 31.2 Å². The van der Waals surface area contributed by atoms with Crippen LogP contribution in [0.4, 0.5) is 0 Å². The Bertz CT molecular complexity index is 557. The van der Waals surface area contributed by atoms with Crippen LogP contribution in [0.5, 0.6) is 0 Å². The van der Waals surface area contributed by atoms with Gasteiger partial charge in [-0.25, -0.2) is 12.7 Å². The second-order valence-corrected chi connectivity index (χ2v) is 8.75. The SMILES string of the molecule is CN(Cc1cccc(Br)c1)S(=O)(=O)CCC1CCCCN1. The first-order valence-corrected chi connectivity index (χ1v) is 9.79. The Morgan fingerprint density at radius 1 is 1.38 bits per heavy atom. The number of halogens is 1. The molecule has 1 fully saturated rings. The normalized spacial score (nSPS) is 19.9. The standard InChI is InChI=1S/C15H23BrN2O2S/c1-18(12-13-5-4-6-14(16)11-13)21(19,20)10-8-15-7-2-3-9-17-15/h4-6,11,15,17H,2-3,7-10,12H2,1H3. The Kier molecular flexibility index (Phi) is 6.22. The van der Waals surface area contributed by atoms with E-state index in [2.05, 4.69) is 21.2 Å². The summed E-state index contributed by atoms with van der Waals surface area (Å²) in [6.07, 6.45) is 4.19. The highest BCUT2D eigenvalue weighted by molar-refractivity contribution is 9.10. The van der Waals surface area contributed by atoms with Gasteiger partial charge in [-0.2, -0.15) is 0 Å². The topological polar surface area (TPSA) is 49.4 Å². The minimum absolute atomic E-state index is 0.217. The number of benzene rings is 1. The van der Waals surface area contributed by atoms with Gasteiger partial charge in [0.25, 0.3) is 0 Å². The van der Waals surface area contributed by atoms with Gasteiger partial charge in [0.15, 0.2) is 0 Å². The fraction of sp³-hybridized carbons (Fsp3) is 0.600. The second-order valence-electron chi connectivity index (χ2n) is 5.64. The summed E-state index contributed by atoms with van der Waals surface area (Å²) in [6.45, 7) is 1.43. The van der Waals surface area contributed by atoms with Gasteiger partial charge in [0, 0.05) is 24.1 Å². The maximum Gasteiger partial charge on any atom is 0.214 e. The summed E-state index contributed by atoms with van der Waals surface area (Å²) < 4.78 is 27.1. The first-order valence-electron chi connectivity index (χ1n) is 7.39. The molecule has 118 valence electrons. The predicted molar refractivity (Wildman–Crippen MR) is 89.7 cm³/mol. The van der Waals surface area contributed by atoms with Gasteiger partial charge in [0.1, 0.15) is 0 Å². The quantitative estimate of drug-likeness (QED) is 0.832. The van der Waals surface area contributed by atoms with Crippen LogP contribution in [0, 0.1) is 0 Å². The lowest BCUT2D eigenvalue weighted by Crippen LogP contribution is -2.37. The van der Waals surface area contributed by atoms with Crippen LogP contribution in [-0.4, -0.2) is 38.1 Å². The van der Waals surface area contributed by atoms with Crippen LogP contribution in [0.25, 0.3) is 0 Å². The molecule has 0 bridgehead atoms. The Morgan fingerprint density at radius 2 is 2.19 bits per heavy atom. The van der Waals surface area contributed by atoms with Crippen LogP contribution >= 0.6 is 15.9 Å². The van der Waals surface area contributed by atoms with Gasteiger partial charge in [-0.1, -0.05) is 34.5 Å². The van der Waals surface area contributed by atoms with Crippen molar-refractivity contribution in [2.45, 2.75) is 38.3 Å². The maximum absolute atomic E-state index is 12.3. The zero-order valence-corrected chi connectivity index (χ0v) is 14.8. The summed E-state index contributed by atoms with van der Waals surface area (Å²) >= 11 is 3.41. The van der Waals surface area contributed by atoms with Crippen LogP contribution in [0.2, 0.25) is 0 Å². The van der Waals surface area contributed by atoms with E-state index in [0.29, 0.717) is 19.0 Å². The molecular formula is C15H23BrN2O2S. The molecule has 0 aromatic heterocycles. The van der Waals surface area contributed by atoms with Crippen molar-refractivity contribution in [3.05, 3.63) is 34.3 Å². The van der Waals surface area contributed by atoms with E-state index in [4.69, 9.17) is 0 Å². The van der Waals surface area contributed by atoms with Crippen molar-refractivity contribution in [3.8, 4) is 0 Å². The molecule has 1 aliphatic heterocycles. The first-order chi connectivity index (χ1) is 9.97. The average molecular weight is 375 g/mol. The molecule has 0 radical (unpaired) electrons. The van der Waals surface area contributed by atoms with E-state index in [0.717, 1.165) is 23.0 Å². The Balaban J connectivity index is 1.88. The predicted octanol–water partition coefficient (Wildman–Crippen LogP) is 2.74. The molecule has 1 aromatic carbocycles. The van der Waals surface area contributed by atoms with Crippen LogP contribution in [0.15, 0.2) is 28.7 Å². The van der Waals surface area contributed by atoms with Gasteiger partial charge in [0.05, 0.1) is 5.75 Å². The molecule has 0 spiro atoms. The minimum Gasteiger partial charge on any atom is -0.314 e. The van der Waals surface area contributed by atoms with Crippen LogP contribution in [-0.2, 0) is 16.6 Å². The van der Waals surface area contributed by atoms with Gasteiger partial charge in [-0.3, -0.25) is 0 Å². The average Bonchev–Trinajstić information content (AvgIpc) is 2.46. The molecule has 21 heavy (non-hydrogen) atoms. The van der Waals surface area contributed by atoms with E-state index in [-0.39, 0.29) is 5.75 Å². The third-order valence-electron chi connectivity index (χ3n) is 3.91. The molecule has 1 N–H and O–H groups in total. The van der Waals surface area contributed by atoms with Crippen molar-refractivity contribution < 1.29 is 8.42 Å². The number of sulfonamides is 1. The van der Waals surface area contributed by atoms with Gasteiger partial charge in [-0.15, -0.1) is 0 Å². The lowest BCUT2D eigenvalue weighted by atomic mass is 10.0. The monoisotopic (exact) mass is 374 g/mol. The van der Waals surface area contributed by atoms with Gasteiger partial charge in [0.2, 0.25) is 10.0 Å². The summed E-state index contributed by atoms with van der Waals surface area (Å²) in [5.41, 5.74) is 0.992. The molecule has 1 aromatic rings. The number of hydrogen-bond donors (Lipinski definition) is 1. The summed E-state index contributed by atoms with van der Waals surface area (Å²) in [6, 6.07) is 8.11. The van der Waals surface area contributed by atoms with Crippen LogP contribution < -0.4 is 5.32 Å². The van der Waals surface area contributed by atoms with E-state index in [9.17, 15) is 8.42 Å². The Labute approximate surface area is 136 Å². The Morgan fingerprint density at radius 3 is 2.86 bits per heavy atom. The summed E-state index contributed by atoms with van der Waals surface area (Å²) in [5.74, 6) is 0.217. The van der Waals surface area contributed by atoms with Crippen molar-refractivity contribution >= 4 is 26.0 Å². The fourth-order valence-corrected chi connectivity index (χ4v) is 4.29. The minimum atomic E-state index is -3.19. The number of hydrogen-bond acceptors (Lipinski definition) is 3. The van der Waals surface area contributed by atoms with Gasteiger partial charge >= 0.3 is 0 Å². The van der Waals surface area contributed by atoms with Crippen LogP contribution in [0.3, 0.4) is 0 Å². The molecule has 2 rings (SSSR count). The highest BCUT2D eigenvalue weighted by Gasteiger charge is 2.21. The maximum atomic E-state index is 12.3. The lowest BCUT2D eigenvalue weighted by molar-refractivity contribution is 0.388. The lowest BCUT2D eigenvalue weighted by Gasteiger charge is -2.24. The van der Waals surface area contributed by atoms with E-state index in [1.54, 1.807) is 7.05 Å². The van der Waals surface area contributed by atoms with E-state index >= 15 is 0 Å². The van der Waals surface area contributed by atoms with E-state index < -0.39 is 10.0 Å². The van der Waals surface area contributed by atoms with Crippen molar-refractivity contribution in [2.24, 2.45) is 0 Å². The smallest absolute Gasteiger partial charge is 0.214 e. The van der Waals surface area contributed by atoms with Crippen molar-refractivity contribution in [1.29, 1.82) is 0 Å². The van der Waals surface area contributed by atoms with Crippen molar-refractivity contribution in [1.82, 2.24) is 9.62 Å². The van der Waals surface area contributed by atoms with Crippen molar-refractivity contribution in [2.75, 3.05) is 19.3 Å². The van der Waals surface area contributed by atoms with E-state index in [1.165, 1.54) is 17.1 Å². The molecule has 0 amide bonds. The van der Waals surface area contributed by atoms with E-state index in [1.807, 2.05) is 24.3 Å². The molecule has 6 heteroatoms. The van der Waals surface area contributed by atoms with Gasteiger partial charge in [-0.05, 0) is 43.5 Å². The number of nitrogens with one attached hydrogen (secondary N) is 1. The second kappa shape index (κ2) is 7.72. The summed E-state index contributed by atoms with van der Waals surface area (Å²) in [5, 5.41) is 3.40. The first kappa shape index (κ1) is 16.9. The third-order valence-corrected chi connectivity index (χ3v) is 6.23. The number of nitrogens with zero attached hydrogens (tertiary/aromatic N) is 1. The highest BCUT2D eigenvalue weighted by atomic mass is 79.9. The van der Waals surface area contributed by atoms with Gasteiger partial charge < -0.3 is 5.32 Å². The molecule has 1 atom stereocenters. The highest BCUT2D eigenvalue weighted by Crippen LogP contribution is 2.16. The summed E-state index contributed by atoms with van der Waals surface area (Å²) in [7, 11) is -1.54. The molecule has 0 saturated carbocycles. The van der Waals surface area contributed by atoms with Crippen molar-refractivity contribution in [3.63, 3.8) is 0 Å². The zero-order valence-electron chi connectivity index (χ0n) is 12.4. The zero-order chi connectivity index (χ0) is 15.3. The number of rotatable bonds is 6. The molecule has 4 nitrogen and oxygen atoms in total. The Hall–Kier alpha value is -0.430. The fourth-order valence-electron chi connectivity index (χ4n) is 2.61. The summed E-state index contributed by atoms with van der Waals surface area (Å²) in [4.78, 5) is 0. The largest absolute Gasteiger partial charge is 0.314 e. The number of piperidine rings is 1. The molecule has 1 saturated heterocycles. The molecule has 1 unspecified atom stereocenters. The molecular weight excluding hydrogens is 352 g/mol. The third kappa shape index (κ3) is 5.36. The molecule has 1 heterocycles.